The number of benzene rings is 6. The molecule has 2 aliphatic carbocycles. The van der Waals surface area contributed by atoms with Crippen LogP contribution in [0.5, 0.6) is 0 Å². The third kappa shape index (κ3) is 6.56. The van der Waals surface area contributed by atoms with Crippen LogP contribution in [0, 0.1) is 0 Å². The number of allylic oxidation sites excluding steroid dienone is 4. The minimum atomic E-state index is -4.12. The van der Waals surface area contributed by atoms with Crippen LogP contribution in [0.25, 0.3) is 33.4 Å². The van der Waals surface area contributed by atoms with E-state index in [0.29, 0.717) is 0 Å². The van der Waals surface area contributed by atoms with Crippen molar-refractivity contribution in [2.45, 2.75) is 65.2 Å². The summed E-state index contributed by atoms with van der Waals surface area (Å²) in [6, 6.07) is 50.0. The quantitative estimate of drug-likeness (QED) is 0.157. The second-order valence-electron chi connectivity index (χ2n) is 16.9. The Labute approximate surface area is 325 Å². The Balaban J connectivity index is 1.58. The Morgan fingerprint density at radius 3 is 1.83 bits per heavy atom. The third-order valence-electron chi connectivity index (χ3n) is 11.2. The Bertz CT molecular complexity index is 2450. The van der Waals surface area contributed by atoms with Gasteiger partial charge in [0.2, 0.25) is 0 Å². The van der Waals surface area contributed by atoms with Gasteiger partial charge in [-0.15, -0.1) is 0 Å². The molecule has 6 aromatic carbocycles. The molecule has 0 saturated heterocycles. The maximum absolute atomic E-state index is 6.79. The van der Waals surface area contributed by atoms with E-state index in [1.807, 2.05) is 6.07 Å². The molecule has 0 N–H and O–H groups in total. The topological polar surface area (TPSA) is 0 Å². The van der Waals surface area contributed by atoms with Gasteiger partial charge in [-0.2, -0.15) is 0 Å². The molecule has 263 valence electrons. The molecule has 8 rings (SSSR count). The monoisotopic (exact) mass is 785 g/mol. The van der Waals surface area contributed by atoms with Gasteiger partial charge in [-0.25, -0.2) is 0 Å². The van der Waals surface area contributed by atoms with Gasteiger partial charge >= 0.3 is 328 Å². The molecule has 2 aliphatic rings. The number of halogens is 1. The molecule has 0 saturated carbocycles. The van der Waals surface area contributed by atoms with E-state index in [-0.39, 0.29) is 10.8 Å². The summed E-state index contributed by atoms with van der Waals surface area (Å²) >= 11 is 2.67. The van der Waals surface area contributed by atoms with Crippen LogP contribution in [0.2, 0.25) is 5.02 Å². The number of rotatable bonds is 6. The molecule has 2 heteroatoms. The minimum absolute atomic E-state index is 0.0314. The SMILES string of the molecule is CC(C)(C)c1cc2c(cc1-c1ccccc1)Cc1c-2cc(C(C)(C)C)c(-c2ccccc2)[c]1[Zr](=[CH]c1cccc(Cl)c1)([C]1=CC=CC1)[c]1ccccc1. The molecule has 0 fully saturated rings. The Kier molecular flexibility index (Phi) is 9.42. The van der Waals surface area contributed by atoms with Crippen LogP contribution in [-0.4, -0.2) is 3.71 Å². The molecule has 1 unspecified atom stereocenters. The summed E-state index contributed by atoms with van der Waals surface area (Å²) in [5.74, 6) is 0. The van der Waals surface area contributed by atoms with E-state index in [0.717, 1.165) is 17.9 Å². The van der Waals surface area contributed by atoms with Gasteiger partial charge in [0, 0.05) is 0 Å². The molecule has 53 heavy (non-hydrogen) atoms. The number of fused-ring (bicyclic) bond motifs is 3. The van der Waals surface area contributed by atoms with Gasteiger partial charge in [0.1, 0.15) is 0 Å². The van der Waals surface area contributed by atoms with Gasteiger partial charge < -0.3 is 0 Å². The fourth-order valence-corrected chi connectivity index (χ4v) is 21.4. The third-order valence-corrected chi connectivity index (χ3v) is 23.1. The van der Waals surface area contributed by atoms with Crippen LogP contribution >= 0.6 is 11.6 Å². The van der Waals surface area contributed by atoms with Gasteiger partial charge in [-0.05, 0) is 0 Å². The fraction of sp³-hybridized carbons (Fsp3) is 0.196. The summed E-state index contributed by atoms with van der Waals surface area (Å²) in [4.78, 5) is 0. The van der Waals surface area contributed by atoms with Gasteiger partial charge in [0.25, 0.3) is 0 Å². The van der Waals surface area contributed by atoms with Crippen molar-refractivity contribution in [3.05, 3.63) is 188 Å². The first-order valence-electron chi connectivity index (χ1n) is 19.0. The summed E-state index contributed by atoms with van der Waals surface area (Å²) in [6.45, 7) is 14.3. The molecule has 0 aliphatic heterocycles. The van der Waals surface area contributed by atoms with Crippen molar-refractivity contribution in [1.82, 2.24) is 0 Å². The van der Waals surface area contributed by atoms with Crippen molar-refractivity contribution in [1.29, 1.82) is 0 Å². The van der Waals surface area contributed by atoms with Crippen molar-refractivity contribution in [3.63, 3.8) is 0 Å². The summed E-state index contributed by atoms with van der Waals surface area (Å²) in [5.41, 5.74) is 15.0. The maximum atomic E-state index is 6.79. The van der Waals surface area contributed by atoms with Crippen molar-refractivity contribution in [2.24, 2.45) is 0 Å². The summed E-state index contributed by atoms with van der Waals surface area (Å²) in [7, 11) is 0. The van der Waals surface area contributed by atoms with E-state index in [1.54, 1.807) is 6.55 Å². The van der Waals surface area contributed by atoms with Crippen molar-refractivity contribution >= 4 is 21.9 Å². The summed E-state index contributed by atoms with van der Waals surface area (Å²) in [5, 5.41) is 0.776. The van der Waals surface area contributed by atoms with Crippen molar-refractivity contribution < 1.29 is 19.8 Å². The van der Waals surface area contributed by atoms with Crippen LogP contribution in [0.15, 0.2) is 155 Å². The zero-order valence-corrected chi connectivity index (χ0v) is 35.0. The molecule has 0 heterocycles. The molecular formula is C51H48ClZr. The van der Waals surface area contributed by atoms with Crippen LogP contribution in [0.4, 0.5) is 0 Å². The first-order valence-corrected chi connectivity index (χ1v) is 24.5. The van der Waals surface area contributed by atoms with Crippen LogP contribution in [0.3, 0.4) is 0 Å². The molecular weight excluding hydrogens is 739 g/mol. The zero-order valence-electron chi connectivity index (χ0n) is 31.8. The Hall–Kier alpha value is -4.16. The first-order chi connectivity index (χ1) is 25.4. The van der Waals surface area contributed by atoms with Gasteiger partial charge in [0.15, 0.2) is 0 Å². The average molecular weight is 788 g/mol. The van der Waals surface area contributed by atoms with E-state index in [4.69, 9.17) is 11.6 Å². The second-order valence-corrected chi connectivity index (χ2v) is 26.2. The molecule has 0 spiro atoms. The summed E-state index contributed by atoms with van der Waals surface area (Å²) < 4.78 is 7.36. The van der Waals surface area contributed by atoms with E-state index < -0.39 is 19.8 Å². The number of hydrogen-bond acceptors (Lipinski definition) is 0. The zero-order chi connectivity index (χ0) is 37.0. The van der Waals surface area contributed by atoms with Crippen molar-refractivity contribution in [3.8, 4) is 33.4 Å². The van der Waals surface area contributed by atoms with Gasteiger partial charge in [-0.1, -0.05) is 0 Å². The van der Waals surface area contributed by atoms with Gasteiger partial charge in [-0.3, -0.25) is 0 Å². The Morgan fingerprint density at radius 1 is 0.604 bits per heavy atom. The molecule has 1 atom stereocenters. The predicted octanol–water partition coefficient (Wildman–Crippen LogP) is 12.6. The van der Waals surface area contributed by atoms with Crippen molar-refractivity contribution in [2.75, 3.05) is 0 Å². The molecule has 0 aromatic heterocycles. The fourth-order valence-electron chi connectivity index (χ4n) is 8.81. The first kappa shape index (κ1) is 35.9. The van der Waals surface area contributed by atoms with Crippen LogP contribution in [-0.2, 0) is 37.0 Å². The normalized spacial score (nSPS) is 14.7. The summed E-state index contributed by atoms with van der Waals surface area (Å²) in [6.07, 6.45) is 8.99. The van der Waals surface area contributed by atoms with E-state index >= 15 is 0 Å². The van der Waals surface area contributed by atoms with E-state index in [2.05, 4.69) is 191 Å². The number of hydrogen-bond donors (Lipinski definition) is 0. The Morgan fingerprint density at radius 2 is 1.23 bits per heavy atom. The van der Waals surface area contributed by atoms with Crippen LogP contribution in [0.1, 0.15) is 75.8 Å². The van der Waals surface area contributed by atoms with Crippen LogP contribution < -0.4 is 6.54 Å². The molecule has 0 radical (unpaired) electrons. The predicted molar refractivity (Wildman–Crippen MR) is 227 cm³/mol. The molecule has 0 nitrogen and oxygen atoms in total. The van der Waals surface area contributed by atoms with E-state index in [1.165, 1.54) is 64.5 Å². The average Bonchev–Trinajstić information content (AvgIpc) is 3.82. The molecule has 0 bridgehead atoms. The molecule has 0 amide bonds. The standard InChI is InChI=1S/C33H33.C7H5Cl.C6H5.C5H5.Zr/c1-32(2,3)30-20-26-24(18-28(30)22-13-9-7-10-14-22)17-25-19-29(23-15-11-8-12-16-23)31(21-27(25)26)33(4,5)6;1-6-3-2-4-7(8)5-6;1-2-4-6-5-3-1;1-2-4-5-3-1;/h7-16,18,20-21H,17H2,1-6H3;1-5H;1-5H;1-3H,4H2;. The molecule has 6 aromatic rings. The van der Waals surface area contributed by atoms with E-state index in [9.17, 15) is 0 Å². The second kappa shape index (κ2) is 13.9. The van der Waals surface area contributed by atoms with Gasteiger partial charge in [0.05, 0.1) is 0 Å².